The molecular weight excluding hydrogens is 274 g/mol. The van der Waals surface area contributed by atoms with E-state index in [-0.39, 0.29) is 6.54 Å². The monoisotopic (exact) mass is 285 g/mol. The zero-order valence-electron chi connectivity index (χ0n) is 9.45. The Labute approximate surface area is 110 Å². The van der Waals surface area contributed by atoms with Crippen molar-refractivity contribution in [1.29, 1.82) is 0 Å². The average molecular weight is 286 g/mol. The normalized spacial score (nSPS) is 11.6. The maximum Gasteiger partial charge on any atom is 0.225 e. The molecule has 0 atom stereocenters. The van der Waals surface area contributed by atoms with Crippen LogP contribution in [0.3, 0.4) is 0 Å². The van der Waals surface area contributed by atoms with E-state index in [4.69, 9.17) is 11.6 Å². The van der Waals surface area contributed by atoms with E-state index in [9.17, 15) is 8.42 Å². The van der Waals surface area contributed by atoms with Crippen molar-refractivity contribution in [1.82, 2.24) is 14.5 Å². The minimum absolute atomic E-state index is 0.186. The summed E-state index contributed by atoms with van der Waals surface area (Å²) >= 11 is 5.33. The Morgan fingerprint density at radius 2 is 2.06 bits per heavy atom. The van der Waals surface area contributed by atoms with Crippen LogP contribution in [-0.4, -0.2) is 23.4 Å². The summed E-state index contributed by atoms with van der Waals surface area (Å²) in [5.41, 5.74) is 1.66. The van der Waals surface area contributed by atoms with E-state index >= 15 is 0 Å². The van der Waals surface area contributed by atoms with Gasteiger partial charge in [-0.1, -0.05) is 18.2 Å². The lowest BCUT2D eigenvalue weighted by molar-refractivity contribution is 0.586. The lowest BCUT2D eigenvalue weighted by Crippen LogP contribution is -2.24. The number of halogens is 1. The first-order chi connectivity index (χ1) is 8.62. The van der Waals surface area contributed by atoms with Gasteiger partial charge in [0.25, 0.3) is 0 Å². The highest BCUT2D eigenvalue weighted by Gasteiger charge is 2.10. The third kappa shape index (κ3) is 3.10. The number of rotatable bonds is 5. The van der Waals surface area contributed by atoms with Crippen LogP contribution in [0.25, 0.3) is 5.69 Å². The molecule has 0 bridgehead atoms. The molecule has 96 valence electrons. The van der Waals surface area contributed by atoms with Gasteiger partial charge in [0.1, 0.15) is 5.21 Å². The molecule has 0 unspecified atom stereocenters. The van der Waals surface area contributed by atoms with Gasteiger partial charge in [0.05, 0.1) is 5.69 Å². The number of hydrogen-bond acceptors (Lipinski definition) is 3. The molecule has 0 aliphatic rings. The SMILES string of the molecule is O=S(=O)(CCl)NCc1ccccc1-n1cccn1. The van der Waals surface area contributed by atoms with E-state index in [2.05, 4.69) is 9.82 Å². The molecule has 18 heavy (non-hydrogen) atoms. The van der Waals surface area contributed by atoms with Gasteiger partial charge in [0.15, 0.2) is 0 Å². The first-order valence-electron chi connectivity index (χ1n) is 5.23. The topological polar surface area (TPSA) is 64.0 Å². The van der Waals surface area contributed by atoms with E-state index in [1.54, 1.807) is 23.1 Å². The summed E-state index contributed by atoms with van der Waals surface area (Å²) in [6.45, 7) is 0.186. The third-order valence-electron chi connectivity index (χ3n) is 2.37. The maximum atomic E-state index is 11.3. The summed E-state index contributed by atoms with van der Waals surface area (Å²) < 4.78 is 26.7. The van der Waals surface area contributed by atoms with Gasteiger partial charge in [0, 0.05) is 18.9 Å². The van der Waals surface area contributed by atoms with Crippen molar-refractivity contribution in [2.24, 2.45) is 0 Å². The number of alkyl halides is 1. The van der Waals surface area contributed by atoms with Gasteiger partial charge < -0.3 is 0 Å². The molecule has 0 radical (unpaired) electrons. The highest BCUT2D eigenvalue weighted by Crippen LogP contribution is 2.13. The summed E-state index contributed by atoms with van der Waals surface area (Å²) in [7, 11) is -3.42. The molecule has 2 rings (SSSR count). The van der Waals surface area contributed by atoms with E-state index in [1.165, 1.54) is 0 Å². The Hall–Kier alpha value is -1.37. The summed E-state index contributed by atoms with van der Waals surface area (Å²) in [5.74, 6) is 0. The maximum absolute atomic E-state index is 11.3. The van der Waals surface area contributed by atoms with Crippen molar-refractivity contribution >= 4 is 21.6 Å². The summed E-state index contributed by atoms with van der Waals surface area (Å²) in [6.07, 6.45) is 3.47. The molecule has 0 spiro atoms. The molecular formula is C11H12ClN3O2S. The van der Waals surface area contributed by atoms with Crippen molar-refractivity contribution in [2.45, 2.75) is 6.54 Å². The van der Waals surface area contributed by atoms with Crippen LogP contribution in [0.1, 0.15) is 5.56 Å². The molecule has 7 heteroatoms. The summed E-state index contributed by atoms with van der Waals surface area (Å²) in [6, 6.07) is 9.23. The van der Waals surface area contributed by atoms with Crippen molar-refractivity contribution in [3.8, 4) is 5.69 Å². The molecule has 5 nitrogen and oxygen atoms in total. The van der Waals surface area contributed by atoms with Gasteiger partial charge in [0.2, 0.25) is 10.0 Å². The Bertz CT molecular complexity index is 611. The molecule has 1 heterocycles. The quantitative estimate of drug-likeness (QED) is 0.847. The fourth-order valence-corrected chi connectivity index (χ4v) is 2.21. The summed E-state index contributed by atoms with van der Waals surface area (Å²) in [4.78, 5) is 0. The predicted molar refractivity (Wildman–Crippen MR) is 70.0 cm³/mol. The molecule has 0 saturated carbocycles. The second-order valence-electron chi connectivity index (χ2n) is 3.62. The predicted octanol–water partition coefficient (Wildman–Crippen LogP) is 1.49. The molecule has 0 saturated heterocycles. The van der Waals surface area contributed by atoms with Crippen LogP contribution in [-0.2, 0) is 16.6 Å². The minimum Gasteiger partial charge on any atom is -0.241 e. The van der Waals surface area contributed by atoms with E-state index in [1.807, 2.05) is 24.3 Å². The average Bonchev–Trinajstić information content (AvgIpc) is 2.91. The second-order valence-corrected chi connectivity index (χ2v) is 6.02. The molecule has 0 aliphatic heterocycles. The van der Waals surface area contributed by atoms with Gasteiger partial charge in [-0.15, -0.1) is 11.6 Å². The Morgan fingerprint density at radius 3 is 2.72 bits per heavy atom. The van der Waals surface area contributed by atoms with Crippen LogP contribution in [0, 0.1) is 0 Å². The zero-order valence-corrected chi connectivity index (χ0v) is 11.0. The van der Waals surface area contributed by atoms with Gasteiger partial charge in [-0.2, -0.15) is 5.10 Å². The lowest BCUT2D eigenvalue weighted by atomic mass is 10.2. The number of aromatic nitrogens is 2. The number of para-hydroxylation sites is 1. The molecule has 1 aromatic heterocycles. The van der Waals surface area contributed by atoms with Gasteiger partial charge in [-0.3, -0.25) is 0 Å². The molecule has 0 amide bonds. The van der Waals surface area contributed by atoms with E-state index in [0.717, 1.165) is 11.3 Å². The van der Waals surface area contributed by atoms with Gasteiger partial charge in [-0.05, 0) is 17.7 Å². The lowest BCUT2D eigenvalue weighted by Gasteiger charge is -2.10. The molecule has 0 fully saturated rings. The van der Waals surface area contributed by atoms with Crippen molar-refractivity contribution in [3.05, 3.63) is 48.3 Å². The van der Waals surface area contributed by atoms with Crippen molar-refractivity contribution in [2.75, 3.05) is 5.21 Å². The Morgan fingerprint density at radius 1 is 1.28 bits per heavy atom. The molecule has 0 aliphatic carbocycles. The van der Waals surface area contributed by atoms with E-state index in [0.29, 0.717) is 0 Å². The van der Waals surface area contributed by atoms with Gasteiger partial charge >= 0.3 is 0 Å². The number of nitrogens with one attached hydrogen (secondary N) is 1. The van der Waals surface area contributed by atoms with Crippen LogP contribution < -0.4 is 4.72 Å². The standard InChI is InChI=1S/C11H12ClN3O2S/c12-9-18(16,17)14-8-10-4-1-2-5-11(10)15-7-3-6-13-15/h1-7,14H,8-9H2. The largest absolute Gasteiger partial charge is 0.241 e. The van der Waals surface area contributed by atoms with Crippen LogP contribution in [0.15, 0.2) is 42.7 Å². The fourth-order valence-electron chi connectivity index (χ4n) is 1.52. The Balaban J connectivity index is 2.24. The van der Waals surface area contributed by atoms with Crippen LogP contribution in [0.4, 0.5) is 0 Å². The zero-order chi connectivity index (χ0) is 13.0. The minimum atomic E-state index is -3.42. The second kappa shape index (κ2) is 5.51. The summed E-state index contributed by atoms with van der Waals surface area (Å²) in [5, 5.41) is 3.68. The molecule has 2 aromatic rings. The smallest absolute Gasteiger partial charge is 0.225 e. The highest BCUT2D eigenvalue weighted by atomic mass is 35.5. The van der Waals surface area contributed by atoms with E-state index < -0.39 is 15.2 Å². The number of hydrogen-bond donors (Lipinski definition) is 1. The van der Waals surface area contributed by atoms with Crippen LogP contribution >= 0.6 is 11.6 Å². The van der Waals surface area contributed by atoms with Crippen LogP contribution in [0.5, 0.6) is 0 Å². The molecule has 1 aromatic carbocycles. The number of nitrogens with zero attached hydrogens (tertiary/aromatic N) is 2. The first kappa shape index (κ1) is 13.1. The number of benzene rings is 1. The fraction of sp³-hybridized carbons (Fsp3) is 0.182. The number of sulfonamides is 1. The molecule has 1 N–H and O–H groups in total. The van der Waals surface area contributed by atoms with Crippen molar-refractivity contribution in [3.63, 3.8) is 0 Å². The van der Waals surface area contributed by atoms with Crippen molar-refractivity contribution < 1.29 is 8.42 Å². The Kier molecular flexibility index (Phi) is 4.00. The van der Waals surface area contributed by atoms with Crippen LogP contribution in [0.2, 0.25) is 0 Å². The first-order valence-corrected chi connectivity index (χ1v) is 7.42. The highest BCUT2D eigenvalue weighted by molar-refractivity contribution is 7.90. The third-order valence-corrected chi connectivity index (χ3v) is 4.10. The van der Waals surface area contributed by atoms with Gasteiger partial charge in [-0.25, -0.2) is 17.8 Å².